The number of benzene rings is 4. The first kappa shape index (κ1) is 34.4. The number of halogens is 1. The van der Waals surface area contributed by atoms with Crippen molar-refractivity contribution in [3.63, 3.8) is 0 Å². The Morgan fingerprint density at radius 2 is 1.65 bits per heavy atom. The third-order valence-electron chi connectivity index (χ3n) is 8.68. The van der Waals surface area contributed by atoms with Gasteiger partial charge in [-0.2, -0.15) is 0 Å². The van der Waals surface area contributed by atoms with Gasteiger partial charge in [0.2, 0.25) is 0 Å². The lowest BCUT2D eigenvalue weighted by Gasteiger charge is -2.26. The molecule has 3 heterocycles. The second-order valence-electron chi connectivity index (χ2n) is 11.9. The predicted octanol–water partition coefficient (Wildman–Crippen LogP) is 6.24. The zero-order valence-corrected chi connectivity index (χ0v) is 28.6. The van der Waals surface area contributed by atoms with E-state index < -0.39 is 17.3 Å². The van der Waals surface area contributed by atoms with E-state index in [1.54, 1.807) is 80.0 Å². The number of pyridine rings is 1. The summed E-state index contributed by atoms with van der Waals surface area (Å²) in [5.41, 5.74) is 0.991. The molecule has 0 unspecified atom stereocenters. The summed E-state index contributed by atoms with van der Waals surface area (Å²) in [4.78, 5) is 38.4. The van der Waals surface area contributed by atoms with Gasteiger partial charge in [-0.05, 0) is 55.0 Å². The summed E-state index contributed by atoms with van der Waals surface area (Å²) in [5.74, 6) is 0.178. The maximum atomic E-state index is 15.5. The van der Waals surface area contributed by atoms with E-state index in [-0.39, 0.29) is 17.1 Å². The lowest BCUT2D eigenvalue weighted by atomic mass is 10.1. The molecule has 1 saturated heterocycles. The van der Waals surface area contributed by atoms with E-state index in [0.717, 1.165) is 45.3 Å². The van der Waals surface area contributed by atoms with Crippen LogP contribution in [0.15, 0.2) is 95.9 Å². The number of fused-ring (bicyclic) bond motifs is 2. The van der Waals surface area contributed by atoms with Crippen molar-refractivity contribution in [3.8, 4) is 34.4 Å². The quantitative estimate of drug-likeness (QED) is 0.146. The van der Waals surface area contributed by atoms with Crippen LogP contribution in [0.25, 0.3) is 27.6 Å². The number of methoxy groups -OCH3 is 2. The lowest BCUT2D eigenvalue weighted by Crippen LogP contribution is -2.37. The van der Waals surface area contributed by atoms with Crippen molar-refractivity contribution in [3.05, 3.63) is 113 Å². The van der Waals surface area contributed by atoms with Crippen LogP contribution in [0.3, 0.4) is 0 Å². The minimum absolute atomic E-state index is 0.0877. The molecule has 0 radical (unpaired) electrons. The zero-order valence-electron chi connectivity index (χ0n) is 28.6. The van der Waals surface area contributed by atoms with Crippen molar-refractivity contribution in [2.45, 2.75) is 6.42 Å². The topological polar surface area (TPSA) is 126 Å². The van der Waals surface area contributed by atoms with Gasteiger partial charge < -0.3 is 29.0 Å². The molecule has 0 atom stereocenters. The number of nitrogens with zero attached hydrogens (tertiary/aromatic N) is 4. The number of nitrogens with one attached hydrogen (secondary N) is 1. The summed E-state index contributed by atoms with van der Waals surface area (Å²) in [6, 6.07) is 23.0. The second kappa shape index (κ2) is 15.5. The molecule has 0 spiro atoms. The molecule has 12 nitrogen and oxygen atoms in total. The van der Waals surface area contributed by atoms with Gasteiger partial charge in [0.05, 0.1) is 56.3 Å². The van der Waals surface area contributed by atoms with Crippen LogP contribution < -0.4 is 29.8 Å². The highest BCUT2D eigenvalue weighted by atomic mass is 19.1. The molecule has 1 aliphatic rings. The van der Waals surface area contributed by atoms with E-state index in [2.05, 4.69) is 20.2 Å². The third kappa shape index (κ3) is 7.22. The number of carbonyl (C=O) groups excluding carboxylic acids is 1. The molecule has 0 aliphatic carbocycles. The van der Waals surface area contributed by atoms with Crippen LogP contribution in [0, 0.1) is 5.82 Å². The first-order chi connectivity index (χ1) is 25.4. The van der Waals surface area contributed by atoms with Gasteiger partial charge in [-0.1, -0.05) is 24.3 Å². The maximum Gasteiger partial charge on any atom is 0.287 e. The fraction of sp³-hybridized carbons (Fsp3) is 0.231. The number of anilines is 1. The van der Waals surface area contributed by atoms with Gasteiger partial charge in [0, 0.05) is 49.0 Å². The Balaban J connectivity index is 1.09. The Labute approximate surface area is 298 Å². The predicted molar refractivity (Wildman–Crippen MR) is 194 cm³/mol. The molecule has 52 heavy (non-hydrogen) atoms. The van der Waals surface area contributed by atoms with Crippen LogP contribution in [0.1, 0.15) is 16.9 Å². The van der Waals surface area contributed by atoms with Gasteiger partial charge in [0.1, 0.15) is 11.5 Å². The number of carbonyl (C=O) groups is 1. The van der Waals surface area contributed by atoms with E-state index in [1.165, 1.54) is 23.8 Å². The van der Waals surface area contributed by atoms with Crippen LogP contribution >= 0.6 is 0 Å². The monoisotopic (exact) mass is 705 g/mol. The highest BCUT2D eigenvalue weighted by Gasteiger charge is 2.21. The standard InChI is InChI=1S/C39H36FN5O7/c1-48-34-11-6-5-10-31(34)45-30-9-4-3-8-28(30)43-37(39(45)47)38(46)42-25-12-13-33(27(40)22-25)52-32-14-15-41-29-24-36(35(49-2)23-26(29)32)51-19-7-16-44-17-20-50-21-18-44/h3-6,8-15,22-24H,7,16-21H2,1-2H3,(H,42,46). The van der Waals surface area contributed by atoms with Crippen molar-refractivity contribution in [1.29, 1.82) is 0 Å². The van der Waals surface area contributed by atoms with Crippen LogP contribution in [0.4, 0.5) is 10.1 Å². The molecular weight excluding hydrogens is 669 g/mol. The number of hydrogen-bond acceptors (Lipinski definition) is 10. The average Bonchev–Trinajstić information content (AvgIpc) is 3.17. The molecule has 1 N–H and O–H groups in total. The normalized spacial score (nSPS) is 13.2. The molecule has 266 valence electrons. The fourth-order valence-corrected chi connectivity index (χ4v) is 6.09. The van der Waals surface area contributed by atoms with E-state index in [0.29, 0.717) is 57.2 Å². The van der Waals surface area contributed by atoms with Crippen molar-refractivity contribution in [2.24, 2.45) is 0 Å². The number of rotatable bonds is 12. The smallest absolute Gasteiger partial charge is 0.287 e. The Morgan fingerprint density at radius 3 is 2.46 bits per heavy atom. The maximum absolute atomic E-state index is 15.5. The van der Waals surface area contributed by atoms with Gasteiger partial charge in [-0.3, -0.25) is 24.0 Å². The molecule has 1 fully saturated rings. The largest absolute Gasteiger partial charge is 0.495 e. The summed E-state index contributed by atoms with van der Waals surface area (Å²) in [7, 11) is 3.05. The lowest BCUT2D eigenvalue weighted by molar-refractivity contribution is 0.0357. The Hall–Kier alpha value is -6.05. The van der Waals surface area contributed by atoms with Gasteiger partial charge >= 0.3 is 0 Å². The number of para-hydroxylation sites is 4. The van der Waals surface area contributed by atoms with Crippen LogP contribution in [0.5, 0.6) is 28.7 Å². The van der Waals surface area contributed by atoms with Crippen LogP contribution in [-0.4, -0.2) is 79.0 Å². The zero-order chi connectivity index (χ0) is 36.0. The fourth-order valence-electron chi connectivity index (χ4n) is 6.09. The van der Waals surface area contributed by atoms with E-state index in [9.17, 15) is 9.59 Å². The summed E-state index contributed by atoms with van der Waals surface area (Å²) in [6.07, 6.45) is 2.40. The van der Waals surface area contributed by atoms with E-state index in [1.807, 2.05) is 0 Å². The molecule has 6 aromatic rings. The number of amides is 1. The molecule has 0 bridgehead atoms. The molecule has 1 amide bonds. The van der Waals surface area contributed by atoms with Gasteiger partial charge in [0.15, 0.2) is 28.8 Å². The van der Waals surface area contributed by atoms with E-state index in [4.69, 9.17) is 23.7 Å². The number of hydrogen-bond donors (Lipinski definition) is 1. The first-order valence-corrected chi connectivity index (χ1v) is 16.8. The second-order valence-corrected chi connectivity index (χ2v) is 11.9. The molecule has 13 heteroatoms. The minimum Gasteiger partial charge on any atom is -0.495 e. The highest BCUT2D eigenvalue weighted by Crippen LogP contribution is 2.38. The summed E-state index contributed by atoms with van der Waals surface area (Å²) in [6.45, 7) is 4.74. The SMILES string of the molecule is COc1cc2c(Oc3ccc(NC(=O)c4nc5ccccc5n(-c5ccccc5OC)c4=O)cc3F)ccnc2cc1OCCCN1CCOCC1. The Morgan fingerprint density at radius 1 is 0.865 bits per heavy atom. The van der Waals surface area contributed by atoms with Crippen LogP contribution in [0.2, 0.25) is 0 Å². The van der Waals surface area contributed by atoms with Crippen molar-refractivity contribution in [1.82, 2.24) is 19.4 Å². The minimum atomic E-state index is -0.807. The first-order valence-electron chi connectivity index (χ1n) is 16.8. The third-order valence-corrected chi connectivity index (χ3v) is 8.68. The average molecular weight is 706 g/mol. The molecule has 1 aliphatic heterocycles. The summed E-state index contributed by atoms with van der Waals surface area (Å²) in [5, 5.41) is 3.19. The van der Waals surface area contributed by atoms with Crippen molar-refractivity contribution < 1.29 is 32.9 Å². The van der Waals surface area contributed by atoms with Crippen LogP contribution in [-0.2, 0) is 4.74 Å². The molecule has 0 saturated carbocycles. The molecule has 7 rings (SSSR count). The Kier molecular flexibility index (Phi) is 10.2. The van der Waals surface area contributed by atoms with Crippen molar-refractivity contribution >= 4 is 33.5 Å². The number of ether oxygens (including phenoxy) is 5. The molecule has 2 aromatic heterocycles. The molecular formula is C39H36FN5O7. The highest BCUT2D eigenvalue weighted by molar-refractivity contribution is 6.03. The molecule has 4 aromatic carbocycles. The number of morpholine rings is 1. The van der Waals surface area contributed by atoms with Crippen molar-refractivity contribution in [2.75, 3.05) is 59.0 Å². The summed E-state index contributed by atoms with van der Waals surface area (Å²) >= 11 is 0. The number of aromatic nitrogens is 3. The van der Waals surface area contributed by atoms with Gasteiger partial charge in [-0.25, -0.2) is 9.37 Å². The van der Waals surface area contributed by atoms with Gasteiger partial charge in [0.25, 0.3) is 11.5 Å². The Bertz CT molecular complexity index is 2310. The van der Waals surface area contributed by atoms with Gasteiger partial charge in [-0.15, -0.1) is 0 Å². The van der Waals surface area contributed by atoms with E-state index >= 15 is 4.39 Å². The summed E-state index contributed by atoms with van der Waals surface area (Å²) < 4.78 is 45.5.